The standard InChI is InChI=1S/C16H21NO3/c1-2-20-15-8-5-13(6-9-15)7-10-16(19)17-11-3-4-14(18)12-17/h5-10,14,18H,2-4,11-12H2,1H3/b10-7+/t14-/m0/s1. The summed E-state index contributed by atoms with van der Waals surface area (Å²) in [6, 6.07) is 7.61. The molecule has 1 saturated heterocycles. The van der Waals surface area contributed by atoms with E-state index in [0.717, 1.165) is 30.7 Å². The van der Waals surface area contributed by atoms with Crippen molar-refractivity contribution in [3.63, 3.8) is 0 Å². The fourth-order valence-corrected chi connectivity index (χ4v) is 2.27. The number of β-amino-alcohol motifs (C(OH)–C–C–N with tert-alkyl or cyclic N) is 1. The zero-order valence-corrected chi connectivity index (χ0v) is 11.8. The second kappa shape index (κ2) is 7.10. The summed E-state index contributed by atoms with van der Waals surface area (Å²) in [5, 5.41) is 9.56. The van der Waals surface area contributed by atoms with Crippen molar-refractivity contribution in [2.24, 2.45) is 0 Å². The molecule has 4 nitrogen and oxygen atoms in total. The summed E-state index contributed by atoms with van der Waals surface area (Å²) in [4.78, 5) is 13.7. The predicted molar refractivity (Wildman–Crippen MR) is 78.5 cm³/mol. The van der Waals surface area contributed by atoms with E-state index in [0.29, 0.717) is 13.2 Å². The van der Waals surface area contributed by atoms with Crippen molar-refractivity contribution in [1.82, 2.24) is 4.90 Å². The van der Waals surface area contributed by atoms with Crippen LogP contribution in [0.5, 0.6) is 5.75 Å². The van der Waals surface area contributed by atoms with Crippen LogP contribution in [0.2, 0.25) is 0 Å². The highest BCUT2D eigenvalue weighted by Gasteiger charge is 2.20. The van der Waals surface area contributed by atoms with Crippen molar-refractivity contribution in [3.05, 3.63) is 35.9 Å². The van der Waals surface area contributed by atoms with Crippen molar-refractivity contribution < 1.29 is 14.6 Å². The molecule has 1 fully saturated rings. The minimum absolute atomic E-state index is 0.0439. The molecule has 2 rings (SSSR count). The predicted octanol–water partition coefficient (Wildman–Crippen LogP) is 2.08. The number of hydrogen-bond acceptors (Lipinski definition) is 3. The van der Waals surface area contributed by atoms with E-state index in [4.69, 9.17) is 4.74 Å². The molecule has 0 spiro atoms. The Bertz CT molecular complexity index is 467. The van der Waals surface area contributed by atoms with E-state index in [1.807, 2.05) is 31.2 Å². The van der Waals surface area contributed by atoms with Crippen LogP contribution in [0, 0.1) is 0 Å². The van der Waals surface area contributed by atoms with E-state index in [1.54, 1.807) is 17.1 Å². The van der Waals surface area contributed by atoms with E-state index in [1.165, 1.54) is 0 Å². The lowest BCUT2D eigenvalue weighted by Gasteiger charge is -2.29. The normalized spacial score (nSPS) is 19.3. The minimum Gasteiger partial charge on any atom is -0.494 e. The Morgan fingerprint density at radius 1 is 1.45 bits per heavy atom. The first kappa shape index (κ1) is 14.6. The lowest BCUT2D eigenvalue weighted by Crippen LogP contribution is -2.41. The summed E-state index contributed by atoms with van der Waals surface area (Å²) in [6.07, 6.45) is 4.62. The highest BCUT2D eigenvalue weighted by Crippen LogP contribution is 2.14. The number of carbonyl (C=O) groups is 1. The third kappa shape index (κ3) is 4.10. The number of carbonyl (C=O) groups excluding carboxylic acids is 1. The molecule has 108 valence electrons. The second-order valence-electron chi connectivity index (χ2n) is 4.92. The molecule has 1 heterocycles. The quantitative estimate of drug-likeness (QED) is 0.856. The molecule has 0 aliphatic carbocycles. The Morgan fingerprint density at radius 3 is 2.85 bits per heavy atom. The van der Waals surface area contributed by atoms with Gasteiger partial charge in [0.1, 0.15) is 5.75 Å². The Morgan fingerprint density at radius 2 is 2.20 bits per heavy atom. The number of likely N-dealkylation sites (tertiary alicyclic amines) is 1. The number of piperidine rings is 1. The van der Waals surface area contributed by atoms with Crippen molar-refractivity contribution in [2.75, 3.05) is 19.7 Å². The van der Waals surface area contributed by atoms with Crippen LogP contribution >= 0.6 is 0 Å². The first-order valence-electron chi connectivity index (χ1n) is 7.07. The highest BCUT2D eigenvalue weighted by atomic mass is 16.5. The summed E-state index contributed by atoms with van der Waals surface area (Å²) in [5.74, 6) is 0.785. The molecule has 1 amide bonds. The SMILES string of the molecule is CCOc1ccc(/C=C/C(=O)N2CCC[C@H](O)C2)cc1. The van der Waals surface area contributed by atoms with Crippen LogP contribution in [0.15, 0.2) is 30.3 Å². The Hall–Kier alpha value is -1.81. The summed E-state index contributed by atoms with van der Waals surface area (Å²) < 4.78 is 5.37. The monoisotopic (exact) mass is 275 g/mol. The molecule has 1 aliphatic rings. The Labute approximate surface area is 119 Å². The summed E-state index contributed by atoms with van der Waals surface area (Å²) in [6.45, 7) is 3.75. The number of amides is 1. The lowest BCUT2D eigenvalue weighted by atomic mass is 10.1. The van der Waals surface area contributed by atoms with E-state index in [2.05, 4.69) is 0 Å². The third-order valence-electron chi connectivity index (χ3n) is 3.32. The molecule has 0 unspecified atom stereocenters. The van der Waals surface area contributed by atoms with Gasteiger partial charge in [0.2, 0.25) is 5.91 Å². The number of hydrogen-bond donors (Lipinski definition) is 1. The van der Waals surface area contributed by atoms with E-state index in [-0.39, 0.29) is 12.0 Å². The van der Waals surface area contributed by atoms with Crippen LogP contribution in [-0.4, -0.2) is 41.7 Å². The van der Waals surface area contributed by atoms with Gasteiger partial charge >= 0.3 is 0 Å². The van der Waals surface area contributed by atoms with Crippen molar-refractivity contribution in [1.29, 1.82) is 0 Å². The second-order valence-corrected chi connectivity index (χ2v) is 4.92. The van der Waals surface area contributed by atoms with Crippen molar-refractivity contribution in [3.8, 4) is 5.75 Å². The minimum atomic E-state index is -0.383. The number of aliphatic hydroxyl groups is 1. The van der Waals surface area contributed by atoms with E-state index >= 15 is 0 Å². The van der Waals surface area contributed by atoms with Crippen LogP contribution in [0.3, 0.4) is 0 Å². The molecule has 20 heavy (non-hydrogen) atoms. The molecule has 1 aliphatic heterocycles. The van der Waals surface area contributed by atoms with Crippen LogP contribution < -0.4 is 4.74 Å². The van der Waals surface area contributed by atoms with Crippen LogP contribution in [0.4, 0.5) is 0 Å². The maximum atomic E-state index is 12.0. The van der Waals surface area contributed by atoms with Crippen LogP contribution in [0.1, 0.15) is 25.3 Å². The molecular formula is C16H21NO3. The van der Waals surface area contributed by atoms with Gasteiger partial charge in [0.15, 0.2) is 0 Å². The third-order valence-corrected chi connectivity index (χ3v) is 3.32. The summed E-state index contributed by atoms with van der Waals surface area (Å²) >= 11 is 0. The van der Waals surface area contributed by atoms with Crippen LogP contribution in [-0.2, 0) is 4.79 Å². The molecule has 0 radical (unpaired) electrons. The van der Waals surface area contributed by atoms with Gasteiger partial charge in [0.25, 0.3) is 0 Å². The molecule has 1 atom stereocenters. The Kier molecular flexibility index (Phi) is 5.18. The summed E-state index contributed by atoms with van der Waals surface area (Å²) in [5.41, 5.74) is 0.958. The van der Waals surface area contributed by atoms with Gasteiger partial charge in [-0.15, -0.1) is 0 Å². The molecule has 1 aromatic rings. The molecule has 0 bridgehead atoms. The van der Waals surface area contributed by atoms with Gasteiger partial charge in [-0.2, -0.15) is 0 Å². The smallest absolute Gasteiger partial charge is 0.246 e. The maximum absolute atomic E-state index is 12.0. The molecule has 4 heteroatoms. The van der Waals surface area contributed by atoms with E-state index in [9.17, 15) is 9.90 Å². The molecule has 0 saturated carbocycles. The van der Waals surface area contributed by atoms with Crippen LogP contribution in [0.25, 0.3) is 6.08 Å². The number of rotatable bonds is 4. The van der Waals surface area contributed by atoms with Crippen molar-refractivity contribution in [2.45, 2.75) is 25.9 Å². The lowest BCUT2D eigenvalue weighted by molar-refractivity contribution is -0.128. The van der Waals surface area contributed by atoms with Gasteiger partial charge in [-0.25, -0.2) is 0 Å². The zero-order chi connectivity index (χ0) is 14.4. The first-order valence-corrected chi connectivity index (χ1v) is 7.07. The van der Waals surface area contributed by atoms with Gasteiger partial charge in [-0.1, -0.05) is 12.1 Å². The molecule has 0 aromatic heterocycles. The maximum Gasteiger partial charge on any atom is 0.246 e. The topological polar surface area (TPSA) is 49.8 Å². The van der Waals surface area contributed by atoms with Gasteiger partial charge in [-0.3, -0.25) is 4.79 Å². The van der Waals surface area contributed by atoms with Gasteiger partial charge in [-0.05, 0) is 43.5 Å². The molecular weight excluding hydrogens is 254 g/mol. The van der Waals surface area contributed by atoms with Gasteiger partial charge < -0.3 is 14.7 Å². The largest absolute Gasteiger partial charge is 0.494 e. The summed E-state index contributed by atoms with van der Waals surface area (Å²) in [7, 11) is 0. The number of nitrogens with zero attached hydrogens (tertiary/aromatic N) is 1. The van der Waals surface area contributed by atoms with Gasteiger partial charge in [0.05, 0.1) is 12.7 Å². The fourth-order valence-electron chi connectivity index (χ4n) is 2.27. The number of aliphatic hydroxyl groups excluding tert-OH is 1. The average molecular weight is 275 g/mol. The van der Waals surface area contributed by atoms with E-state index < -0.39 is 0 Å². The highest BCUT2D eigenvalue weighted by molar-refractivity contribution is 5.91. The zero-order valence-electron chi connectivity index (χ0n) is 11.8. The number of benzene rings is 1. The fraction of sp³-hybridized carbons (Fsp3) is 0.438. The van der Waals surface area contributed by atoms with Gasteiger partial charge in [0, 0.05) is 19.2 Å². The molecule has 1 N–H and O–H groups in total. The molecule has 1 aromatic carbocycles. The number of ether oxygens (including phenoxy) is 1. The van der Waals surface area contributed by atoms with Crippen molar-refractivity contribution >= 4 is 12.0 Å². The first-order chi connectivity index (χ1) is 9.69. The average Bonchev–Trinajstić information content (AvgIpc) is 2.46. The Balaban J connectivity index is 1.92.